The second kappa shape index (κ2) is 7.36. The number of hydrogen-bond acceptors (Lipinski definition) is 6. The largest absolute Gasteiger partial charge is 0.329 e. The van der Waals surface area contributed by atoms with Crippen molar-refractivity contribution in [1.29, 1.82) is 0 Å². The molecule has 0 saturated carbocycles. The summed E-state index contributed by atoms with van der Waals surface area (Å²) in [7, 11) is 4.08. The predicted molar refractivity (Wildman–Crippen MR) is 93.9 cm³/mol. The van der Waals surface area contributed by atoms with Crippen LogP contribution in [0.1, 0.15) is 52.4 Å². The van der Waals surface area contributed by atoms with Gasteiger partial charge in [-0.15, -0.1) is 5.10 Å². The van der Waals surface area contributed by atoms with Crippen LogP contribution in [-0.2, 0) is 13.0 Å². The van der Waals surface area contributed by atoms with Gasteiger partial charge in [-0.3, -0.25) is 9.78 Å². The van der Waals surface area contributed by atoms with Gasteiger partial charge in [0, 0.05) is 19.3 Å². The zero-order valence-electron chi connectivity index (χ0n) is 14.4. The molecule has 1 saturated heterocycles. The highest BCUT2D eigenvalue weighted by Gasteiger charge is 2.33. The summed E-state index contributed by atoms with van der Waals surface area (Å²) in [6.45, 7) is 3.64. The Bertz CT molecular complexity index is 697. The number of nitrogens with zero attached hydrogens (tertiary/aromatic N) is 5. The molecule has 7 heteroatoms. The molecule has 0 radical (unpaired) electrons. The lowest BCUT2D eigenvalue weighted by atomic mass is 10.1. The van der Waals surface area contributed by atoms with E-state index in [1.165, 1.54) is 17.1 Å². The lowest BCUT2D eigenvalue weighted by Gasteiger charge is -2.24. The van der Waals surface area contributed by atoms with Crippen LogP contribution in [-0.4, -0.2) is 50.9 Å². The van der Waals surface area contributed by atoms with Crippen LogP contribution in [0.15, 0.2) is 18.3 Å². The smallest absolute Gasteiger partial charge is 0.268 e. The number of pyridine rings is 1. The van der Waals surface area contributed by atoms with Crippen LogP contribution >= 0.6 is 11.5 Å². The van der Waals surface area contributed by atoms with E-state index in [-0.39, 0.29) is 11.9 Å². The molecule has 0 spiro atoms. The average molecular weight is 345 g/mol. The van der Waals surface area contributed by atoms with Gasteiger partial charge in [0.05, 0.1) is 17.4 Å². The Morgan fingerprint density at radius 1 is 1.42 bits per heavy atom. The quantitative estimate of drug-likeness (QED) is 0.833. The number of carbonyl (C=O) groups is 1. The summed E-state index contributed by atoms with van der Waals surface area (Å²) in [6, 6.07) is 4.22. The van der Waals surface area contributed by atoms with Gasteiger partial charge in [0.25, 0.3) is 5.91 Å². The maximum atomic E-state index is 12.9. The zero-order valence-corrected chi connectivity index (χ0v) is 15.2. The highest BCUT2D eigenvalue weighted by atomic mass is 32.1. The maximum absolute atomic E-state index is 12.9. The van der Waals surface area contributed by atoms with Gasteiger partial charge in [0.2, 0.25) is 0 Å². The summed E-state index contributed by atoms with van der Waals surface area (Å²) >= 11 is 1.20. The van der Waals surface area contributed by atoms with Crippen molar-refractivity contribution >= 4 is 17.4 Å². The van der Waals surface area contributed by atoms with Gasteiger partial charge in [0.1, 0.15) is 4.88 Å². The minimum absolute atomic E-state index is 0.0449. The molecule has 128 valence electrons. The Labute approximate surface area is 146 Å². The summed E-state index contributed by atoms with van der Waals surface area (Å²) in [5.41, 5.74) is 2.95. The van der Waals surface area contributed by atoms with E-state index in [1.54, 1.807) is 0 Å². The minimum Gasteiger partial charge on any atom is -0.329 e. The van der Waals surface area contributed by atoms with Crippen molar-refractivity contribution in [3.05, 3.63) is 40.2 Å². The molecule has 2 aromatic rings. The van der Waals surface area contributed by atoms with E-state index in [1.807, 2.05) is 32.1 Å². The Morgan fingerprint density at radius 3 is 2.92 bits per heavy atom. The van der Waals surface area contributed by atoms with Crippen molar-refractivity contribution in [3.8, 4) is 0 Å². The summed E-state index contributed by atoms with van der Waals surface area (Å²) in [4.78, 5) is 22.3. The van der Waals surface area contributed by atoms with Gasteiger partial charge in [-0.05, 0) is 56.5 Å². The third-order valence-corrected chi connectivity index (χ3v) is 5.04. The first-order valence-corrected chi connectivity index (χ1v) is 9.09. The number of aromatic nitrogens is 3. The second-order valence-electron chi connectivity index (χ2n) is 6.39. The van der Waals surface area contributed by atoms with E-state index in [2.05, 4.69) is 31.6 Å². The summed E-state index contributed by atoms with van der Waals surface area (Å²) in [6.07, 6.45) is 4.61. The molecular formula is C17H23N5OS. The van der Waals surface area contributed by atoms with Crippen LogP contribution in [0.4, 0.5) is 0 Å². The highest BCUT2D eigenvalue weighted by molar-refractivity contribution is 7.08. The lowest BCUT2D eigenvalue weighted by molar-refractivity contribution is 0.0736. The Morgan fingerprint density at radius 2 is 2.25 bits per heavy atom. The molecule has 0 bridgehead atoms. The molecule has 1 aliphatic heterocycles. The molecule has 0 N–H and O–H groups in total. The monoisotopic (exact) mass is 345 g/mol. The molecule has 3 heterocycles. The first-order valence-electron chi connectivity index (χ1n) is 8.32. The molecular weight excluding hydrogens is 322 g/mol. The molecule has 1 amide bonds. The second-order valence-corrected chi connectivity index (χ2v) is 7.14. The fourth-order valence-corrected chi connectivity index (χ4v) is 3.85. The van der Waals surface area contributed by atoms with Crippen LogP contribution in [0, 0.1) is 0 Å². The first-order chi connectivity index (χ1) is 11.6. The van der Waals surface area contributed by atoms with Crippen LogP contribution in [0.5, 0.6) is 0 Å². The number of hydrogen-bond donors (Lipinski definition) is 0. The fourth-order valence-electron chi connectivity index (χ4n) is 3.14. The van der Waals surface area contributed by atoms with E-state index >= 15 is 0 Å². The number of amides is 1. The molecule has 0 aromatic carbocycles. The molecule has 1 aliphatic rings. The van der Waals surface area contributed by atoms with Crippen molar-refractivity contribution < 1.29 is 4.79 Å². The Balaban J connectivity index is 1.79. The molecule has 3 rings (SSSR count). The van der Waals surface area contributed by atoms with Crippen molar-refractivity contribution in [2.45, 2.75) is 38.8 Å². The molecule has 1 fully saturated rings. The summed E-state index contributed by atoms with van der Waals surface area (Å²) < 4.78 is 3.95. The normalized spacial score (nSPS) is 17.7. The van der Waals surface area contributed by atoms with Crippen molar-refractivity contribution in [2.75, 3.05) is 20.6 Å². The lowest BCUT2D eigenvalue weighted by Crippen LogP contribution is -2.31. The van der Waals surface area contributed by atoms with E-state index in [4.69, 9.17) is 0 Å². The zero-order chi connectivity index (χ0) is 17.1. The van der Waals surface area contributed by atoms with Crippen LogP contribution in [0.3, 0.4) is 0 Å². The van der Waals surface area contributed by atoms with E-state index in [9.17, 15) is 4.79 Å². The third kappa shape index (κ3) is 3.47. The van der Waals surface area contributed by atoms with Crippen molar-refractivity contribution in [3.63, 3.8) is 0 Å². The van der Waals surface area contributed by atoms with Crippen LogP contribution in [0.25, 0.3) is 0 Å². The summed E-state index contributed by atoms with van der Waals surface area (Å²) in [5.74, 6) is 0.0449. The van der Waals surface area contributed by atoms with E-state index < -0.39 is 0 Å². The van der Waals surface area contributed by atoms with Gasteiger partial charge >= 0.3 is 0 Å². The van der Waals surface area contributed by atoms with Crippen LogP contribution < -0.4 is 0 Å². The Kier molecular flexibility index (Phi) is 5.20. The summed E-state index contributed by atoms with van der Waals surface area (Å²) in [5, 5.41) is 4.06. The standard InChI is InChI=1S/C17H23N5OS/c1-4-13-16(24-20-19-13)17(23)22-9-5-6-15(22)14-8-7-12(10-18-14)11-21(2)3/h7-8,10,15H,4-6,9,11H2,1-3H3. The predicted octanol–water partition coefficient (Wildman–Crippen LogP) is 2.53. The molecule has 24 heavy (non-hydrogen) atoms. The topological polar surface area (TPSA) is 62.2 Å². The first kappa shape index (κ1) is 17.0. The van der Waals surface area contributed by atoms with Gasteiger partial charge in [-0.1, -0.05) is 17.5 Å². The third-order valence-electron chi connectivity index (χ3n) is 4.29. The fraction of sp³-hybridized carbons (Fsp3) is 0.529. The van der Waals surface area contributed by atoms with Gasteiger partial charge in [0.15, 0.2) is 0 Å². The van der Waals surface area contributed by atoms with Gasteiger partial charge in [-0.25, -0.2) is 0 Å². The number of rotatable bonds is 5. The number of aryl methyl sites for hydroxylation is 1. The van der Waals surface area contributed by atoms with Crippen molar-refractivity contribution in [2.24, 2.45) is 0 Å². The maximum Gasteiger partial charge on any atom is 0.268 e. The van der Waals surface area contributed by atoms with E-state index in [0.29, 0.717) is 4.88 Å². The van der Waals surface area contributed by atoms with Crippen molar-refractivity contribution in [1.82, 2.24) is 24.4 Å². The van der Waals surface area contributed by atoms with E-state index in [0.717, 1.165) is 43.7 Å². The molecule has 1 atom stereocenters. The van der Waals surface area contributed by atoms with Crippen LogP contribution in [0.2, 0.25) is 0 Å². The van der Waals surface area contributed by atoms with Gasteiger partial charge < -0.3 is 9.80 Å². The SMILES string of the molecule is CCc1nnsc1C(=O)N1CCCC1c1ccc(CN(C)C)cn1. The number of likely N-dealkylation sites (tertiary alicyclic amines) is 1. The number of carbonyl (C=O) groups excluding carboxylic acids is 1. The minimum atomic E-state index is 0.0449. The van der Waals surface area contributed by atoms with Gasteiger partial charge in [-0.2, -0.15) is 0 Å². The molecule has 1 unspecified atom stereocenters. The molecule has 0 aliphatic carbocycles. The Hall–Kier alpha value is -1.86. The highest BCUT2D eigenvalue weighted by Crippen LogP contribution is 2.33. The average Bonchev–Trinajstić information content (AvgIpc) is 3.23. The molecule has 6 nitrogen and oxygen atoms in total. The molecule has 2 aromatic heterocycles.